The molecule has 0 unspecified atom stereocenters. The molecule has 0 aliphatic carbocycles. The molecule has 1 heterocycles. The number of hydrogen-bond acceptors (Lipinski definition) is 3. The summed E-state index contributed by atoms with van der Waals surface area (Å²) in [4.78, 5) is 8.45. The third kappa shape index (κ3) is 2.25. The molecule has 0 saturated carbocycles. The van der Waals surface area contributed by atoms with Crippen LogP contribution in [0.2, 0.25) is 0 Å². The van der Waals surface area contributed by atoms with E-state index in [2.05, 4.69) is 40.4 Å². The SMILES string of the molecule is CNCc1ccc(C)cc1-c1cnccn1. The fourth-order valence-corrected chi connectivity index (χ4v) is 1.71. The highest BCUT2D eigenvalue weighted by Gasteiger charge is 2.05. The molecule has 2 aromatic rings. The van der Waals surface area contributed by atoms with Crippen LogP contribution >= 0.6 is 0 Å². The van der Waals surface area contributed by atoms with Gasteiger partial charge in [-0.25, -0.2) is 0 Å². The van der Waals surface area contributed by atoms with Gasteiger partial charge in [0.15, 0.2) is 0 Å². The molecule has 0 atom stereocenters. The molecule has 1 aromatic heterocycles. The van der Waals surface area contributed by atoms with Crippen molar-refractivity contribution in [2.75, 3.05) is 7.05 Å². The molecule has 0 radical (unpaired) electrons. The summed E-state index contributed by atoms with van der Waals surface area (Å²) < 4.78 is 0. The fourth-order valence-electron chi connectivity index (χ4n) is 1.71. The average molecular weight is 213 g/mol. The Bertz CT molecular complexity index is 466. The van der Waals surface area contributed by atoms with Crippen LogP contribution in [-0.4, -0.2) is 17.0 Å². The van der Waals surface area contributed by atoms with E-state index in [1.807, 2.05) is 7.05 Å². The molecule has 3 nitrogen and oxygen atoms in total. The van der Waals surface area contributed by atoms with Crippen molar-refractivity contribution in [3.05, 3.63) is 47.9 Å². The van der Waals surface area contributed by atoms with Gasteiger partial charge in [0.05, 0.1) is 11.9 Å². The predicted octanol–water partition coefficient (Wildman–Crippen LogP) is 2.17. The topological polar surface area (TPSA) is 37.8 Å². The van der Waals surface area contributed by atoms with Crippen molar-refractivity contribution in [1.82, 2.24) is 15.3 Å². The summed E-state index contributed by atoms with van der Waals surface area (Å²) >= 11 is 0. The first-order chi connectivity index (χ1) is 7.81. The number of rotatable bonds is 3. The van der Waals surface area contributed by atoms with Gasteiger partial charge in [-0.05, 0) is 25.6 Å². The van der Waals surface area contributed by atoms with Crippen molar-refractivity contribution in [3.63, 3.8) is 0 Å². The third-order valence-corrected chi connectivity index (χ3v) is 2.47. The van der Waals surface area contributed by atoms with E-state index < -0.39 is 0 Å². The summed E-state index contributed by atoms with van der Waals surface area (Å²) in [5.41, 5.74) is 4.56. The number of aromatic nitrogens is 2. The van der Waals surface area contributed by atoms with Crippen LogP contribution in [0.15, 0.2) is 36.8 Å². The molecule has 1 N–H and O–H groups in total. The first-order valence-corrected chi connectivity index (χ1v) is 5.32. The molecular formula is C13H15N3. The molecule has 0 saturated heterocycles. The number of nitrogens with zero attached hydrogens (tertiary/aromatic N) is 2. The molecule has 82 valence electrons. The molecule has 3 heteroatoms. The minimum absolute atomic E-state index is 0.839. The Balaban J connectivity index is 2.49. The van der Waals surface area contributed by atoms with Crippen molar-refractivity contribution >= 4 is 0 Å². The highest BCUT2D eigenvalue weighted by Crippen LogP contribution is 2.22. The quantitative estimate of drug-likeness (QED) is 0.849. The molecule has 0 amide bonds. The van der Waals surface area contributed by atoms with Crippen LogP contribution in [0.5, 0.6) is 0 Å². The van der Waals surface area contributed by atoms with Crippen LogP contribution in [0.1, 0.15) is 11.1 Å². The van der Waals surface area contributed by atoms with Crippen molar-refractivity contribution in [3.8, 4) is 11.3 Å². The third-order valence-electron chi connectivity index (χ3n) is 2.47. The normalized spacial score (nSPS) is 10.4. The number of benzene rings is 1. The lowest BCUT2D eigenvalue weighted by Crippen LogP contribution is -2.06. The lowest BCUT2D eigenvalue weighted by atomic mass is 10.0. The minimum Gasteiger partial charge on any atom is -0.316 e. The Morgan fingerprint density at radius 1 is 1.25 bits per heavy atom. The van der Waals surface area contributed by atoms with Crippen LogP contribution in [0.4, 0.5) is 0 Å². The highest BCUT2D eigenvalue weighted by atomic mass is 14.8. The van der Waals surface area contributed by atoms with E-state index in [0.29, 0.717) is 0 Å². The molecule has 0 aliphatic rings. The van der Waals surface area contributed by atoms with E-state index in [1.165, 1.54) is 11.1 Å². The molecule has 1 aromatic carbocycles. The van der Waals surface area contributed by atoms with Gasteiger partial charge >= 0.3 is 0 Å². The molecule has 0 fully saturated rings. The Hall–Kier alpha value is -1.74. The lowest BCUT2D eigenvalue weighted by molar-refractivity contribution is 0.818. The van der Waals surface area contributed by atoms with E-state index in [4.69, 9.17) is 0 Å². The Labute approximate surface area is 95.6 Å². The van der Waals surface area contributed by atoms with Crippen LogP contribution in [0.3, 0.4) is 0 Å². The van der Waals surface area contributed by atoms with E-state index in [0.717, 1.165) is 17.8 Å². The molecule has 16 heavy (non-hydrogen) atoms. The maximum atomic E-state index is 4.34. The van der Waals surface area contributed by atoms with Gasteiger partial charge in [-0.15, -0.1) is 0 Å². The fraction of sp³-hybridized carbons (Fsp3) is 0.231. The molecule has 0 spiro atoms. The maximum Gasteiger partial charge on any atom is 0.0888 e. The van der Waals surface area contributed by atoms with Crippen LogP contribution in [0, 0.1) is 6.92 Å². The van der Waals surface area contributed by atoms with Gasteiger partial charge in [-0.2, -0.15) is 0 Å². The second-order valence-electron chi connectivity index (χ2n) is 3.78. The van der Waals surface area contributed by atoms with Gasteiger partial charge in [0.1, 0.15) is 0 Å². The maximum absolute atomic E-state index is 4.34. The molecule has 0 aliphatic heterocycles. The second kappa shape index (κ2) is 4.86. The molecular weight excluding hydrogens is 198 g/mol. The van der Waals surface area contributed by atoms with Gasteiger partial charge in [0.25, 0.3) is 0 Å². The summed E-state index contributed by atoms with van der Waals surface area (Å²) in [6.45, 7) is 2.93. The van der Waals surface area contributed by atoms with Gasteiger partial charge < -0.3 is 5.32 Å². The van der Waals surface area contributed by atoms with Crippen molar-refractivity contribution in [1.29, 1.82) is 0 Å². The van der Waals surface area contributed by atoms with Crippen molar-refractivity contribution < 1.29 is 0 Å². The summed E-state index contributed by atoms with van der Waals surface area (Å²) in [5.74, 6) is 0. The van der Waals surface area contributed by atoms with Crippen molar-refractivity contribution in [2.24, 2.45) is 0 Å². The zero-order valence-electron chi connectivity index (χ0n) is 9.57. The van der Waals surface area contributed by atoms with Gasteiger partial charge in [0.2, 0.25) is 0 Å². The largest absolute Gasteiger partial charge is 0.316 e. The number of nitrogens with one attached hydrogen (secondary N) is 1. The van der Waals surface area contributed by atoms with Crippen LogP contribution < -0.4 is 5.32 Å². The van der Waals surface area contributed by atoms with Gasteiger partial charge in [-0.3, -0.25) is 9.97 Å². The Kier molecular flexibility index (Phi) is 3.27. The van der Waals surface area contributed by atoms with Crippen LogP contribution in [-0.2, 0) is 6.54 Å². The van der Waals surface area contributed by atoms with Crippen LogP contribution in [0.25, 0.3) is 11.3 Å². The molecule has 0 bridgehead atoms. The second-order valence-corrected chi connectivity index (χ2v) is 3.78. The minimum atomic E-state index is 0.839. The molecule has 2 rings (SSSR count). The first-order valence-electron chi connectivity index (χ1n) is 5.32. The monoisotopic (exact) mass is 213 g/mol. The van der Waals surface area contributed by atoms with E-state index in [1.54, 1.807) is 18.6 Å². The standard InChI is InChI=1S/C13H15N3/c1-10-3-4-11(8-14-2)12(7-10)13-9-15-5-6-16-13/h3-7,9,14H,8H2,1-2H3. The zero-order chi connectivity index (χ0) is 11.4. The Morgan fingerprint density at radius 3 is 2.81 bits per heavy atom. The summed E-state index contributed by atoms with van der Waals surface area (Å²) in [5, 5.41) is 3.17. The zero-order valence-corrected chi connectivity index (χ0v) is 9.57. The van der Waals surface area contributed by atoms with E-state index in [-0.39, 0.29) is 0 Å². The van der Waals surface area contributed by atoms with E-state index in [9.17, 15) is 0 Å². The average Bonchev–Trinajstić information content (AvgIpc) is 2.33. The van der Waals surface area contributed by atoms with Gasteiger partial charge in [-0.1, -0.05) is 17.7 Å². The summed E-state index contributed by atoms with van der Waals surface area (Å²) in [6.07, 6.45) is 5.21. The first kappa shape index (κ1) is 10.8. The number of hydrogen-bond donors (Lipinski definition) is 1. The predicted molar refractivity (Wildman–Crippen MR) is 65.0 cm³/mol. The highest BCUT2D eigenvalue weighted by molar-refractivity contribution is 5.63. The Morgan fingerprint density at radius 2 is 2.12 bits per heavy atom. The number of aryl methyl sites for hydroxylation is 1. The van der Waals surface area contributed by atoms with E-state index >= 15 is 0 Å². The smallest absolute Gasteiger partial charge is 0.0888 e. The lowest BCUT2D eigenvalue weighted by Gasteiger charge is -2.09. The summed E-state index contributed by atoms with van der Waals surface area (Å²) in [6, 6.07) is 6.40. The van der Waals surface area contributed by atoms with Crippen molar-refractivity contribution in [2.45, 2.75) is 13.5 Å². The summed E-state index contributed by atoms with van der Waals surface area (Å²) in [7, 11) is 1.94. The van der Waals surface area contributed by atoms with Gasteiger partial charge in [0, 0.05) is 24.5 Å².